The van der Waals surface area contributed by atoms with Crippen LogP contribution >= 0.6 is 11.8 Å². The van der Waals surface area contributed by atoms with Crippen LogP contribution in [0.3, 0.4) is 0 Å². The number of nitrogens with one attached hydrogen (secondary N) is 1. The molecule has 158 valence electrons. The number of halogens is 1. The number of amides is 1. The Balaban J connectivity index is 1.46. The van der Waals surface area contributed by atoms with E-state index in [4.69, 9.17) is 0 Å². The lowest BCUT2D eigenvalue weighted by Gasteiger charge is -2.10. The number of hydrogen-bond donors (Lipinski definition) is 1. The Bertz CT molecular complexity index is 1230. The molecule has 1 amide bonds. The van der Waals surface area contributed by atoms with Crippen LogP contribution in [-0.2, 0) is 17.8 Å². The minimum Gasteiger partial charge on any atom is -0.351 e. The molecule has 2 aromatic heterocycles. The molecule has 0 spiro atoms. The van der Waals surface area contributed by atoms with Crippen LogP contribution in [0.15, 0.2) is 59.8 Å². The molecule has 4 aromatic rings. The second-order valence-electron chi connectivity index (χ2n) is 7.19. The molecule has 2 aromatic carbocycles. The third kappa shape index (κ3) is 4.91. The summed E-state index contributed by atoms with van der Waals surface area (Å²) < 4.78 is 15.8. The van der Waals surface area contributed by atoms with E-state index in [1.165, 1.54) is 17.8 Å². The molecule has 0 aliphatic rings. The molecule has 6 nitrogen and oxygen atoms in total. The Morgan fingerprint density at radius 1 is 1.06 bits per heavy atom. The maximum absolute atomic E-state index is 14.1. The number of nitrogens with zero attached hydrogens (tertiary/aromatic N) is 4. The lowest BCUT2D eigenvalue weighted by Crippen LogP contribution is -2.24. The van der Waals surface area contributed by atoms with E-state index >= 15 is 0 Å². The van der Waals surface area contributed by atoms with Crippen molar-refractivity contribution in [3.05, 3.63) is 88.5 Å². The van der Waals surface area contributed by atoms with Crippen molar-refractivity contribution < 1.29 is 9.18 Å². The molecule has 0 saturated carbocycles. The minimum absolute atomic E-state index is 0.0891. The van der Waals surface area contributed by atoms with Crippen molar-refractivity contribution >= 4 is 23.4 Å². The molecule has 0 atom stereocenters. The van der Waals surface area contributed by atoms with E-state index in [0.717, 1.165) is 22.5 Å². The molecule has 0 saturated heterocycles. The van der Waals surface area contributed by atoms with Crippen molar-refractivity contribution in [3.8, 4) is 0 Å². The fourth-order valence-electron chi connectivity index (χ4n) is 3.32. The third-order valence-electron chi connectivity index (χ3n) is 5.02. The summed E-state index contributed by atoms with van der Waals surface area (Å²) in [6.07, 6.45) is 0.428. The predicted octanol–water partition coefficient (Wildman–Crippen LogP) is 3.88. The Kier molecular flexibility index (Phi) is 6.27. The standard InChI is InChI=1S/C23H22FN5OS/c1-15-19(12-18-10-6-7-11-20(18)24)16(2)29-22(26-15)27-23(28-29)31-14-21(30)25-13-17-8-4-3-5-9-17/h3-11H,12-14H2,1-2H3,(H,25,30). The quantitative estimate of drug-likeness (QED) is 0.446. The average Bonchev–Trinajstić information content (AvgIpc) is 3.18. The molecule has 8 heteroatoms. The van der Waals surface area contributed by atoms with Crippen LogP contribution in [-0.4, -0.2) is 31.2 Å². The maximum atomic E-state index is 14.1. The van der Waals surface area contributed by atoms with Gasteiger partial charge >= 0.3 is 0 Å². The first kappa shape index (κ1) is 21.0. The number of fused-ring (bicyclic) bond motifs is 1. The van der Waals surface area contributed by atoms with Crippen LogP contribution in [0.4, 0.5) is 4.39 Å². The molecular weight excluding hydrogens is 413 g/mol. The van der Waals surface area contributed by atoms with Gasteiger partial charge in [-0.05, 0) is 36.6 Å². The van der Waals surface area contributed by atoms with Gasteiger partial charge in [0.05, 0.1) is 5.75 Å². The number of aromatic nitrogens is 4. The Morgan fingerprint density at radius 2 is 1.81 bits per heavy atom. The predicted molar refractivity (Wildman–Crippen MR) is 118 cm³/mol. The van der Waals surface area contributed by atoms with Gasteiger partial charge in [-0.2, -0.15) is 4.98 Å². The summed E-state index contributed by atoms with van der Waals surface area (Å²) >= 11 is 1.26. The lowest BCUT2D eigenvalue weighted by atomic mass is 10.0. The van der Waals surface area contributed by atoms with Gasteiger partial charge in [-0.1, -0.05) is 60.3 Å². The molecule has 31 heavy (non-hydrogen) atoms. The van der Waals surface area contributed by atoms with Crippen LogP contribution in [0.25, 0.3) is 5.78 Å². The van der Waals surface area contributed by atoms with Crippen molar-refractivity contribution in [3.63, 3.8) is 0 Å². The second kappa shape index (κ2) is 9.26. The summed E-state index contributed by atoms with van der Waals surface area (Å²) in [7, 11) is 0. The van der Waals surface area contributed by atoms with Crippen molar-refractivity contribution in [1.82, 2.24) is 24.9 Å². The van der Waals surface area contributed by atoms with E-state index < -0.39 is 0 Å². The zero-order chi connectivity index (χ0) is 21.8. The highest BCUT2D eigenvalue weighted by Gasteiger charge is 2.16. The Hall–Kier alpha value is -3.26. The van der Waals surface area contributed by atoms with Gasteiger partial charge in [0.1, 0.15) is 5.82 Å². The van der Waals surface area contributed by atoms with E-state index in [0.29, 0.717) is 29.5 Å². The lowest BCUT2D eigenvalue weighted by molar-refractivity contribution is -0.118. The minimum atomic E-state index is -0.238. The Labute approximate surface area is 183 Å². The summed E-state index contributed by atoms with van der Waals surface area (Å²) in [6.45, 7) is 4.30. The van der Waals surface area contributed by atoms with Crippen LogP contribution in [0.5, 0.6) is 0 Å². The molecule has 0 unspecified atom stereocenters. The van der Waals surface area contributed by atoms with Gasteiger partial charge in [-0.25, -0.2) is 13.9 Å². The number of carbonyl (C=O) groups is 1. The largest absolute Gasteiger partial charge is 0.351 e. The fraction of sp³-hybridized carbons (Fsp3) is 0.217. The molecule has 1 N–H and O–H groups in total. The number of carbonyl (C=O) groups excluding carboxylic acids is 1. The summed E-state index contributed by atoms with van der Waals surface area (Å²) in [4.78, 5) is 21.1. The van der Waals surface area contributed by atoms with Crippen molar-refractivity contribution in [2.24, 2.45) is 0 Å². The van der Waals surface area contributed by atoms with Gasteiger partial charge in [-0.15, -0.1) is 5.10 Å². The van der Waals surface area contributed by atoms with E-state index in [1.807, 2.05) is 50.2 Å². The highest BCUT2D eigenvalue weighted by atomic mass is 32.2. The highest BCUT2D eigenvalue weighted by Crippen LogP contribution is 2.21. The van der Waals surface area contributed by atoms with Crippen LogP contribution in [0, 0.1) is 19.7 Å². The van der Waals surface area contributed by atoms with Gasteiger partial charge < -0.3 is 5.32 Å². The SMILES string of the molecule is Cc1nc2nc(SCC(=O)NCc3ccccc3)nn2c(C)c1Cc1ccccc1F. The van der Waals surface area contributed by atoms with E-state index in [1.54, 1.807) is 16.6 Å². The molecule has 0 bridgehead atoms. The number of aryl methyl sites for hydroxylation is 2. The van der Waals surface area contributed by atoms with Crippen molar-refractivity contribution in [2.45, 2.75) is 32.0 Å². The normalized spacial score (nSPS) is 11.1. The summed E-state index contributed by atoms with van der Waals surface area (Å²) in [5.41, 5.74) is 4.22. The molecule has 0 aliphatic heterocycles. The maximum Gasteiger partial charge on any atom is 0.253 e. The van der Waals surface area contributed by atoms with Gasteiger partial charge in [0.15, 0.2) is 0 Å². The smallest absolute Gasteiger partial charge is 0.253 e. The van der Waals surface area contributed by atoms with E-state index in [2.05, 4.69) is 20.4 Å². The third-order valence-corrected chi connectivity index (χ3v) is 5.86. The van der Waals surface area contributed by atoms with Gasteiger partial charge in [0.2, 0.25) is 11.1 Å². The molecular formula is C23H22FN5OS. The molecule has 0 aliphatic carbocycles. The molecule has 0 radical (unpaired) electrons. The van der Waals surface area contributed by atoms with Gasteiger partial charge in [0, 0.05) is 24.4 Å². The summed E-state index contributed by atoms with van der Waals surface area (Å²) in [5, 5.41) is 7.87. The fourth-order valence-corrected chi connectivity index (χ4v) is 3.96. The second-order valence-corrected chi connectivity index (χ2v) is 8.13. The number of rotatable bonds is 7. The van der Waals surface area contributed by atoms with Gasteiger partial charge in [0.25, 0.3) is 5.78 Å². The van der Waals surface area contributed by atoms with E-state index in [-0.39, 0.29) is 17.5 Å². The van der Waals surface area contributed by atoms with Crippen molar-refractivity contribution in [2.75, 3.05) is 5.75 Å². The number of thioether (sulfide) groups is 1. The first-order valence-electron chi connectivity index (χ1n) is 9.91. The van der Waals surface area contributed by atoms with Crippen LogP contribution in [0.1, 0.15) is 28.1 Å². The molecule has 4 rings (SSSR count). The van der Waals surface area contributed by atoms with Crippen molar-refractivity contribution in [1.29, 1.82) is 0 Å². The highest BCUT2D eigenvalue weighted by molar-refractivity contribution is 7.99. The number of benzene rings is 2. The first-order valence-corrected chi connectivity index (χ1v) is 10.9. The molecule has 0 fully saturated rings. The van der Waals surface area contributed by atoms with E-state index in [9.17, 15) is 9.18 Å². The summed E-state index contributed by atoms with van der Waals surface area (Å²) in [6, 6.07) is 16.5. The van der Waals surface area contributed by atoms with Crippen LogP contribution in [0.2, 0.25) is 0 Å². The van der Waals surface area contributed by atoms with Crippen LogP contribution < -0.4 is 5.32 Å². The number of hydrogen-bond acceptors (Lipinski definition) is 5. The first-order chi connectivity index (χ1) is 15.0. The summed E-state index contributed by atoms with van der Waals surface area (Å²) in [5.74, 6) is 0.357. The topological polar surface area (TPSA) is 72.2 Å². The molecule has 2 heterocycles. The zero-order valence-corrected chi connectivity index (χ0v) is 18.1. The average molecular weight is 436 g/mol. The Morgan fingerprint density at radius 3 is 2.58 bits per heavy atom. The monoisotopic (exact) mass is 435 g/mol. The zero-order valence-electron chi connectivity index (χ0n) is 17.3. The van der Waals surface area contributed by atoms with Gasteiger partial charge in [-0.3, -0.25) is 4.79 Å².